The molecular weight excluding hydrogens is 532 g/mol. The van der Waals surface area contributed by atoms with E-state index < -0.39 is 5.41 Å². The number of nitrogens with zero attached hydrogens (tertiary/aromatic N) is 2. The number of fused-ring (bicyclic) bond motifs is 10. The van der Waals surface area contributed by atoms with Gasteiger partial charge in [0.15, 0.2) is 5.82 Å². The predicted molar refractivity (Wildman–Crippen MR) is 179 cm³/mol. The highest BCUT2D eigenvalue weighted by Crippen LogP contribution is 2.63. The summed E-state index contributed by atoms with van der Waals surface area (Å²) in [6.07, 6.45) is 0. The minimum atomic E-state index is -0.575. The molecule has 0 saturated heterocycles. The molecule has 9 rings (SSSR count). The van der Waals surface area contributed by atoms with Crippen molar-refractivity contribution in [3.63, 3.8) is 0 Å². The summed E-state index contributed by atoms with van der Waals surface area (Å²) in [7, 11) is 0. The van der Waals surface area contributed by atoms with E-state index >= 15 is 0 Å². The number of hydrogen-bond acceptors (Lipinski definition) is 2. The Balaban J connectivity index is 1.44. The SMILES string of the molecule is Cc1ccc(-c2ccc3c(c2)C2(c4ccccc4-3)c3ccccc3-c3c(-c4ccccc4)nc(-c4ccccc4)nc32)cc1. The van der Waals surface area contributed by atoms with E-state index in [1.807, 2.05) is 6.07 Å². The summed E-state index contributed by atoms with van der Waals surface area (Å²) in [5, 5.41) is 0. The van der Waals surface area contributed by atoms with E-state index in [2.05, 4.69) is 153 Å². The molecule has 44 heavy (non-hydrogen) atoms. The summed E-state index contributed by atoms with van der Waals surface area (Å²) in [5.74, 6) is 0.746. The zero-order valence-corrected chi connectivity index (χ0v) is 24.3. The third-order valence-corrected chi connectivity index (χ3v) is 9.37. The van der Waals surface area contributed by atoms with Crippen LogP contribution in [0.3, 0.4) is 0 Å². The maximum atomic E-state index is 5.56. The molecule has 1 aromatic heterocycles. The Bertz CT molecular complexity index is 2220. The Kier molecular flexibility index (Phi) is 5.36. The van der Waals surface area contributed by atoms with Gasteiger partial charge in [-0.3, -0.25) is 0 Å². The molecule has 0 amide bonds. The van der Waals surface area contributed by atoms with Gasteiger partial charge in [0.05, 0.1) is 16.8 Å². The fraction of sp³-hybridized carbons (Fsp3) is 0.0476. The van der Waals surface area contributed by atoms with Crippen molar-refractivity contribution >= 4 is 0 Å². The standard InChI is InChI=1S/C42H28N2/c1-27-20-22-28(23-21-27)31-24-25-33-32-16-8-10-18-35(32)42(37(33)26-31)36-19-11-9-17-34(36)38-39(29-12-4-2-5-13-29)43-41(44-40(38)42)30-14-6-3-7-15-30/h2-26H,1H3. The molecule has 2 nitrogen and oxygen atoms in total. The highest BCUT2D eigenvalue weighted by Gasteiger charge is 2.54. The van der Waals surface area contributed by atoms with Crippen LogP contribution in [-0.2, 0) is 5.41 Å². The molecule has 2 heteroatoms. The zero-order valence-electron chi connectivity index (χ0n) is 24.3. The van der Waals surface area contributed by atoms with Crippen LogP contribution < -0.4 is 0 Å². The summed E-state index contributed by atoms with van der Waals surface area (Å²) in [6, 6.07) is 54.6. The van der Waals surface area contributed by atoms with Gasteiger partial charge in [0.2, 0.25) is 0 Å². The number of rotatable bonds is 3. The van der Waals surface area contributed by atoms with E-state index in [-0.39, 0.29) is 0 Å². The van der Waals surface area contributed by atoms with Gasteiger partial charge in [-0.15, -0.1) is 0 Å². The maximum absolute atomic E-state index is 5.56. The van der Waals surface area contributed by atoms with Gasteiger partial charge in [0.25, 0.3) is 0 Å². The summed E-state index contributed by atoms with van der Waals surface area (Å²) >= 11 is 0. The van der Waals surface area contributed by atoms with Crippen molar-refractivity contribution in [2.45, 2.75) is 12.3 Å². The number of aryl methyl sites for hydroxylation is 1. The van der Waals surface area contributed by atoms with Gasteiger partial charge in [-0.05, 0) is 57.5 Å². The van der Waals surface area contributed by atoms with Crippen molar-refractivity contribution in [1.29, 1.82) is 0 Å². The second-order valence-corrected chi connectivity index (χ2v) is 11.8. The quantitative estimate of drug-likeness (QED) is 0.215. The lowest BCUT2D eigenvalue weighted by molar-refractivity contribution is 0.758. The first-order valence-electron chi connectivity index (χ1n) is 15.2. The molecule has 1 atom stereocenters. The number of hydrogen-bond donors (Lipinski definition) is 0. The van der Waals surface area contributed by atoms with Crippen LogP contribution in [0.4, 0.5) is 0 Å². The first-order chi connectivity index (χ1) is 21.7. The lowest BCUT2D eigenvalue weighted by Gasteiger charge is -2.30. The van der Waals surface area contributed by atoms with Crippen molar-refractivity contribution in [3.05, 3.63) is 180 Å². The van der Waals surface area contributed by atoms with Crippen molar-refractivity contribution in [1.82, 2.24) is 9.97 Å². The van der Waals surface area contributed by atoms with E-state index in [1.54, 1.807) is 0 Å². The monoisotopic (exact) mass is 560 g/mol. The van der Waals surface area contributed by atoms with Crippen molar-refractivity contribution in [3.8, 4) is 56.0 Å². The summed E-state index contributed by atoms with van der Waals surface area (Å²) in [4.78, 5) is 10.9. The molecule has 6 aromatic carbocycles. The molecule has 1 heterocycles. The molecule has 0 fully saturated rings. The van der Waals surface area contributed by atoms with Gasteiger partial charge in [0, 0.05) is 16.7 Å². The van der Waals surface area contributed by atoms with E-state index in [9.17, 15) is 0 Å². The average Bonchev–Trinajstić information content (AvgIpc) is 3.56. The molecule has 2 aliphatic carbocycles. The Morgan fingerprint density at radius 2 is 1.00 bits per heavy atom. The Morgan fingerprint density at radius 3 is 1.73 bits per heavy atom. The molecule has 2 aliphatic rings. The van der Waals surface area contributed by atoms with E-state index in [4.69, 9.17) is 9.97 Å². The molecule has 1 spiro atoms. The van der Waals surface area contributed by atoms with Crippen LogP contribution in [0.2, 0.25) is 0 Å². The number of benzene rings is 6. The number of aromatic nitrogens is 2. The van der Waals surface area contributed by atoms with Crippen LogP contribution in [0.15, 0.2) is 152 Å². The first kappa shape index (κ1) is 24.9. The molecule has 7 aromatic rings. The van der Waals surface area contributed by atoms with Crippen molar-refractivity contribution in [2.24, 2.45) is 0 Å². The second-order valence-electron chi connectivity index (χ2n) is 11.8. The maximum Gasteiger partial charge on any atom is 0.160 e. The third kappa shape index (κ3) is 3.43. The Morgan fingerprint density at radius 1 is 0.432 bits per heavy atom. The van der Waals surface area contributed by atoms with Crippen LogP contribution in [0.1, 0.15) is 27.9 Å². The largest absolute Gasteiger partial charge is 0.231 e. The smallest absolute Gasteiger partial charge is 0.160 e. The van der Waals surface area contributed by atoms with Gasteiger partial charge in [-0.1, -0.05) is 151 Å². The zero-order chi connectivity index (χ0) is 29.3. The first-order valence-corrected chi connectivity index (χ1v) is 15.2. The minimum Gasteiger partial charge on any atom is -0.231 e. The summed E-state index contributed by atoms with van der Waals surface area (Å²) < 4.78 is 0. The molecule has 0 radical (unpaired) electrons. The highest BCUT2D eigenvalue weighted by molar-refractivity contribution is 5.99. The second kappa shape index (κ2) is 9.45. The summed E-state index contributed by atoms with van der Waals surface area (Å²) in [6.45, 7) is 2.14. The van der Waals surface area contributed by atoms with Crippen molar-refractivity contribution < 1.29 is 0 Å². The van der Waals surface area contributed by atoms with Crippen LogP contribution in [0, 0.1) is 6.92 Å². The van der Waals surface area contributed by atoms with Gasteiger partial charge in [-0.2, -0.15) is 0 Å². The lowest BCUT2D eigenvalue weighted by Crippen LogP contribution is -2.27. The summed E-state index contributed by atoms with van der Waals surface area (Å²) in [5.41, 5.74) is 15.9. The van der Waals surface area contributed by atoms with Gasteiger partial charge < -0.3 is 0 Å². The molecule has 0 bridgehead atoms. The molecule has 206 valence electrons. The predicted octanol–water partition coefficient (Wildman–Crippen LogP) is 10.1. The molecule has 0 saturated carbocycles. The normalized spacial score (nSPS) is 15.5. The van der Waals surface area contributed by atoms with E-state index in [1.165, 1.54) is 50.1 Å². The highest BCUT2D eigenvalue weighted by atomic mass is 14.9. The van der Waals surface area contributed by atoms with Crippen LogP contribution >= 0.6 is 0 Å². The fourth-order valence-corrected chi connectivity index (χ4v) is 7.41. The minimum absolute atomic E-state index is 0.575. The van der Waals surface area contributed by atoms with E-state index in [0.717, 1.165) is 33.9 Å². The fourth-order valence-electron chi connectivity index (χ4n) is 7.41. The molecular formula is C42H28N2. The Labute approximate surface area is 257 Å². The molecule has 1 unspecified atom stereocenters. The topological polar surface area (TPSA) is 25.8 Å². The molecule has 0 aliphatic heterocycles. The van der Waals surface area contributed by atoms with Crippen molar-refractivity contribution in [2.75, 3.05) is 0 Å². The molecule has 0 N–H and O–H groups in total. The third-order valence-electron chi connectivity index (χ3n) is 9.37. The van der Waals surface area contributed by atoms with Crippen LogP contribution in [0.5, 0.6) is 0 Å². The van der Waals surface area contributed by atoms with Gasteiger partial charge in [0.1, 0.15) is 0 Å². The van der Waals surface area contributed by atoms with Crippen LogP contribution in [-0.4, -0.2) is 9.97 Å². The van der Waals surface area contributed by atoms with E-state index in [0.29, 0.717) is 0 Å². The van der Waals surface area contributed by atoms with Gasteiger partial charge in [-0.25, -0.2) is 9.97 Å². The Hall–Kier alpha value is -5.60. The lowest BCUT2D eigenvalue weighted by atomic mass is 9.72. The average molecular weight is 561 g/mol. The van der Waals surface area contributed by atoms with Crippen LogP contribution in [0.25, 0.3) is 56.0 Å². The van der Waals surface area contributed by atoms with Gasteiger partial charge >= 0.3 is 0 Å².